The van der Waals surface area contributed by atoms with Crippen LogP contribution in [0.2, 0.25) is 0 Å². The summed E-state index contributed by atoms with van der Waals surface area (Å²) >= 11 is 0. The first-order valence-electron chi connectivity index (χ1n) is 15.7. The van der Waals surface area contributed by atoms with Gasteiger partial charge in [-0.15, -0.1) is 0 Å². The molecule has 2 amide bonds. The summed E-state index contributed by atoms with van der Waals surface area (Å²) in [6, 6.07) is 15.8. The van der Waals surface area contributed by atoms with E-state index in [2.05, 4.69) is 5.32 Å². The number of benzene rings is 3. The highest BCUT2D eigenvalue weighted by Crippen LogP contribution is 2.38. The second-order valence-corrected chi connectivity index (χ2v) is 13.4. The van der Waals surface area contributed by atoms with Crippen molar-refractivity contribution in [2.24, 2.45) is 0 Å². The van der Waals surface area contributed by atoms with Crippen molar-refractivity contribution in [2.75, 3.05) is 39.3 Å². The van der Waals surface area contributed by atoms with E-state index in [1.807, 2.05) is 38.1 Å². The summed E-state index contributed by atoms with van der Waals surface area (Å²) in [6.45, 7) is 3.28. The third-order valence-corrected chi connectivity index (χ3v) is 10.2. The van der Waals surface area contributed by atoms with E-state index in [4.69, 9.17) is 18.9 Å². The van der Waals surface area contributed by atoms with Gasteiger partial charge in [-0.25, -0.2) is 8.42 Å². The largest absolute Gasteiger partial charge is 0.497 e. The minimum Gasteiger partial charge on any atom is -0.497 e. The molecule has 0 saturated heterocycles. The van der Waals surface area contributed by atoms with Crippen LogP contribution in [0.5, 0.6) is 23.0 Å². The lowest BCUT2D eigenvalue weighted by molar-refractivity contribution is -0.140. The van der Waals surface area contributed by atoms with Crippen LogP contribution >= 0.6 is 0 Å². The molecule has 0 unspecified atom stereocenters. The number of nitrogens with zero attached hydrogens (tertiary/aromatic N) is 2. The van der Waals surface area contributed by atoms with Crippen LogP contribution in [0.25, 0.3) is 0 Å². The van der Waals surface area contributed by atoms with Crippen LogP contribution in [0.1, 0.15) is 50.2 Å². The smallest absolute Gasteiger partial charge is 0.265 e. The molecule has 1 aliphatic rings. The molecule has 1 fully saturated rings. The average molecular weight is 668 g/mol. The van der Waals surface area contributed by atoms with E-state index in [9.17, 15) is 18.0 Å². The van der Waals surface area contributed by atoms with Gasteiger partial charge in [-0.1, -0.05) is 49.6 Å². The lowest BCUT2D eigenvalue weighted by Gasteiger charge is -2.34. The number of anilines is 1. The monoisotopic (exact) mass is 667 g/mol. The van der Waals surface area contributed by atoms with E-state index in [0.29, 0.717) is 17.9 Å². The molecule has 0 heterocycles. The summed E-state index contributed by atoms with van der Waals surface area (Å²) in [5, 5.41) is 3.13. The number of hydrogen-bond donors (Lipinski definition) is 1. The lowest BCUT2D eigenvalue weighted by Crippen LogP contribution is -2.53. The Labute approximate surface area is 277 Å². The van der Waals surface area contributed by atoms with Crippen LogP contribution in [-0.2, 0) is 26.2 Å². The Hall–Kier alpha value is -4.45. The van der Waals surface area contributed by atoms with Crippen LogP contribution in [0.4, 0.5) is 5.69 Å². The van der Waals surface area contributed by atoms with Gasteiger partial charge in [-0.2, -0.15) is 0 Å². The van der Waals surface area contributed by atoms with Crippen molar-refractivity contribution in [1.29, 1.82) is 0 Å². The summed E-state index contributed by atoms with van der Waals surface area (Å²) in [4.78, 5) is 29.6. The number of methoxy groups -OCH3 is 4. The summed E-state index contributed by atoms with van der Waals surface area (Å²) < 4.78 is 51.7. The van der Waals surface area contributed by atoms with E-state index in [-0.39, 0.29) is 40.6 Å². The van der Waals surface area contributed by atoms with E-state index in [0.717, 1.165) is 41.1 Å². The molecule has 0 spiro atoms. The van der Waals surface area contributed by atoms with Crippen LogP contribution in [-0.4, -0.2) is 72.2 Å². The Kier molecular flexibility index (Phi) is 12.0. The molecule has 47 heavy (non-hydrogen) atoms. The van der Waals surface area contributed by atoms with Gasteiger partial charge in [0.25, 0.3) is 10.0 Å². The molecular formula is C35H45N3O8S. The number of sulfonamides is 1. The number of carbonyl (C=O) groups excluding carboxylic acids is 2. The molecule has 1 N–H and O–H groups in total. The zero-order chi connectivity index (χ0) is 34.1. The topological polar surface area (TPSA) is 124 Å². The summed E-state index contributed by atoms with van der Waals surface area (Å²) in [6.07, 6.45) is 4.20. The van der Waals surface area contributed by atoms with Crippen molar-refractivity contribution >= 4 is 27.5 Å². The van der Waals surface area contributed by atoms with E-state index in [1.165, 1.54) is 57.6 Å². The zero-order valence-corrected chi connectivity index (χ0v) is 28.8. The number of amides is 2. The first kappa shape index (κ1) is 35.4. The summed E-state index contributed by atoms with van der Waals surface area (Å²) in [7, 11) is 1.30. The maximum absolute atomic E-state index is 14.5. The van der Waals surface area contributed by atoms with Gasteiger partial charge in [-0.05, 0) is 56.0 Å². The maximum Gasteiger partial charge on any atom is 0.265 e. The lowest BCUT2D eigenvalue weighted by atomic mass is 10.1. The summed E-state index contributed by atoms with van der Waals surface area (Å²) in [5.74, 6) is 0.297. The Morgan fingerprint density at radius 1 is 0.872 bits per heavy atom. The Morgan fingerprint density at radius 2 is 1.55 bits per heavy atom. The fourth-order valence-corrected chi connectivity index (χ4v) is 7.34. The van der Waals surface area contributed by atoms with Crippen molar-refractivity contribution < 1.29 is 37.0 Å². The molecule has 3 aromatic carbocycles. The first-order chi connectivity index (χ1) is 22.6. The minimum absolute atomic E-state index is 0.0513. The van der Waals surface area contributed by atoms with Gasteiger partial charge in [0, 0.05) is 24.7 Å². The SMILES string of the molecule is CC[C@@H](C(=O)NC1CCCC1)N(Cc1cccc(C)c1)C(=O)CN(c1cc(OC)ccc1OC)S(=O)(=O)c1ccc(OC)c(OC)c1. The third kappa shape index (κ3) is 8.29. The average Bonchev–Trinajstić information content (AvgIpc) is 3.59. The molecule has 0 aliphatic heterocycles. The second-order valence-electron chi connectivity index (χ2n) is 11.5. The van der Waals surface area contributed by atoms with E-state index >= 15 is 0 Å². The second kappa shape index (κ2) is 15.9. The van der Waals surface area contributed by atoms with E-state index < -0.39 is 28.5 Å². The van der Waals surface area contributed by atoms with Gasteiger partial charge in [0.1, 0.15) is 24.1 Å². The molecule has 11 nitrogen and oxygen atoms in total. The number of carbonyl (C=O) groups is 2. The fraction of sp³-hybridized carbons (Fsp3) is 0.429. The van der Waals surface area contributed by atoms with Gasteiger partial charge in [0.15, 0.2) is 11.5 Å². The van der Waals surface area contributed by atoms with Crippen LogP contribution < -0.4 is 28.6 Å². The van der Waals surface area contributed by atoms with Gasteiger partial charge in [0.05, 0.1) is 39.0 Å². The Bertz CT molecular complexity index is 1660. The first-order valence-corrected chi connectivity index (χ1v) is 17.1. The maximum atomic E-state index is 14.5. The Morgan fingerprint density at radius 3 is 2.17 bits per heavy atom. The summed E-state index contributed by atoms with van der Waals surface area (Å²) in [5.41, 5.74) is 1.91. The van der Waals surface area contributed by atoms with Gasteiger partial charge in [0.2, 0.25) is 11.8 Å². The molecule has 0 bridgehead atoms. The highest BCUT2D eigenvalue weighted by molar-refractivity contribution is 7.92. The normalized spacial score (nSPS) is 13.8. The molecule has 1 atom stereocenters. The predicted molar refractivity (Wildman–Crippen MR) is 180 cm³/mol. The molecule has 4 rings (SSSR count). The number of hydrogen-bond acceptors (Lipinski definition) is 8. The number of nitrogens with one attached hydrogen (secondary N) is 1. The van der Waals surface area contributed by atoms with Crippen molar-refractivity contribution in [3.05, 3.63) is 71.8 Å². The molecule has 0 aromatic heterocycles. The molecular weight excluding hydrogens is 622 g/mol. The molecule has 254 valence electrons. The van der Waals surface area contributed by atoms with Gasteiger partial charge < -0.3 is 29.2 Å². The highest BCUT2D eigenvalue weighted by atomic mass is 32.2. The third-order valence-electron chi connectivity index (χ3n) is 8.40. The number of ether oxygens (including phenoxy) is 4. The molecule has 1 saturated carbocycles. The van der Waals surface area contributed by atoms with Crippen LogP contribution in [0.15, 0.2) is 65.6 Å². The highest BCUT2D eigenvalue weighted by Gasteiger charge is 2.36. The molecule has 3 aromatic rings. The predicted octanol–water partition coefficient (Wildman–Crippen LogP) is 5.09. The zero-order valence-electron chi connectivity index (χ0n) is 27.9. The van der Waals surface area contributed by atoms with Gasteiger partial charge in [-0.3, -0.25) is 13.9 Å². The van der Waals surface area contributed by atoms with Crippen molar-refractivity contribution in [3.8, 4) is 23.0 Å². The molecule has 0 radical (unpaired) electrons. The van der Waals surface area contributed by atoms with Crippen molar-refractivity contribution in [2.45, 2.75) is 69.5 Å². The Balaban J connectivity index is 1.82. The van der Waals surface area contributed by atoms with Crippen LogP contribution in [0.3, 0.4) is 0 Å². The molecule has 1 aliphatic carbocycles. The van der Waals surface area contributed by atoms with E-state index in [1.54, 1.807) is 12.1 Å². The standard InChI is InChI=1S/C35H45N3O8S/c1-7-29(35(40)36-26-13-8-9-14-26)37(22-25-12-10-11-24(2)19-25)34(39)23-38(30-20-27(43-3)15-17-31(30)44-4)47(41,42)28-16-18-32(45-5)33(21-28)46-6/h10-12,15-21,26,29H,7-9,13-14,22-23H2,1-6H3,(H,36,40)/t29-/m0/s1. The fourth-order valence-electron chi connectivity index (χ4n) is 5.90. The number of rotatable bonds is 15. The number of aryl methyl sites for hydroxylation is 1. The quantitative estimate of drug-likeness (QED) is 0.238. The molecule has 12 heteroatoms. The van der Waals surface area contributed by atoms with Crippen molar-refractivity contribution in [1.82, 2.24) is 10.2 Å². The van der Waals surface area contributed by atoms with Crippen molar-refractivity contribution in [3.63, 3.8) is 0 Å². The van der Waals surface area contributed by atoms with Gasteiger partial charge >= 0.3 is 0 Å². The minimum atomic E-state index is -4.43. The van der Waals surface area contributed by atoms with Crippen LogP contribution in [0, 0.1) is 6.92 Å².